The molecule has 7 heteroatoms. The van der Waals surface area contributed by atoms with Gasteiger partial charge >= 0.3 is 0 Å². The SMILES string of the molecule is CNC(=O)c1cc(Oc2ccc(NC(=O)C=Cc3cc4ccccc4o3)cc2)ccn1. The number of nitrogens with zero attached hydrogens (tertiary/aromatic N) is 1. The molecule has 0 aliphatic carbocycles. The van der Waals surface area contributed by atoms with Gasteiger partial charge in [-0.05, 0) is 48.5 Å². The summed E-state index contributed by atoms with van der Waals surface area (Å²) in [5.41, 5.74) is 1.65. The minimum Gasteiger partial charge on any atom is -0.457 e. The van der Waals surface area contributed by atoms with Crippen molar-refractivity contribution in [3.8, 4) is 11.5 Å². The number of ether oxygens (including phenoxy) is 1. The van der Waals surface area contributed by atoms with E-state index in [1.807, 2.05) is 30.3 Å². The van der Waals surface area contributed by atoms with Crippen LogP contribution in [-0.2, 0) is 4.79 Å². The van der Waals surface area contributed by atoms with Crippen LogP contribution < -0.4 is 15.4 Å². The Morgan fingerprint density at radius 1 is 1.00 bits per heavy atom. The predicted octanol–water partition coefficient (Wildman–Crippen LogP) is 4.63. The molecular formula is C24H19N3O4. The highest BCUT2D eigenvalue weighted by molar-refractivity contribution is 6.02. The molecule has 0 aliphatic heterocycles. The van der Waals surface area contributed by atoms with E-state index in [4.69, 9.17) is 9.15 Å². The summed E-state index contributed by atoms with van der Waals surface area (Å²) in [4.78, 5) is 27.9. The molecule has 31 heavy (non-hydrogen) atoms. The molecule has 2 aromatic heterocycles. The Labute approximate surface area is 178 Å². The zero-order valence-electron chi connectivity index (χ0n) is 16.7. The zero-order chi connectivity index (χ0) is 21.6. The van der Waals surface area contributed by atoms with Crippen molar-refractivity contribution in [2.45, 2.75) is 0 Å². The molecule has 7 nitrogen and oxygen atoms in total. The van der Waals surface area contributed by atoms with E-state index in [2.05, 4.69) is 15.6 Å². The number of nitrogens with one attached hydrogen (secondary N) is 2. The number of aromatic nitrogens is 1. The number of hydrogen-bond acceptors (Lipinski definition) is 5. The summed E-state index contributed by atoms with van der Waals surface area (Å²) in [6.07, 6.45) is 4.54. The third-order valence-corrected chi connectivity index (χ3v) is 4.39. The van der Waals surface area contributed by atoms with Crippen LogP contribution in [0.2, 0.25) is 0 Å². The lowest BCUT2D eigenvalue weighted by Gasteiger charge is -2.08. The Kier molecular flexibility index (Phi) is 5.75. The lowest BCUT2D eigenvalue weighted by Crippen LogP contribution is -2.18. The Bertz CT molecular complexity index is 1230. The fourth-order valence-electron chi connectivity index (χ4n) is 2.90. The monoisotopic (exact) mass is 413 g/mol. The number of carbonyl (C=O) groups is 2. The first-order chi connectivity index (χ1) is 15.1. The van der Waals surface area contributed by atoms with E-state index < -0.39 is 0 Å². The molecule has 0 fully saturated rings. The number of amides is 2. The van der Waals surface area contributed by atoms with Gasteiger partial charge in [0.25, 0.3) is 5.91 Å². The average Bonchev–Trinajstić information content (AvgIpc) is 3.22. The second-order valence-corrected chi connectivity index (χ2v) is 6.59. The number of benzene rings is 2. The third-order valence-electron chi connectivity index (χ3n) is 4.39. The van der Waals surface area contributed by atoms with Gasteiger partial charge in [0.15, 0.2) is 0 Å². The number of fused-ring (bicyclic) bond motifs is 1. The van der Waals surface area contributed by atoms with Crippen molar-refractivity contribution in [2.24, 2.45) is 0 Å². The highest BCUT2D eigenvalue weighted by Crippen LogP contribution is 2.23. The van der Waals surface area contributed by atoms with E-state index >= 15 is 0 Å². The first-order valence-corrected chi connectivity index (χ1v) is 9.54. The van der Waals surface area contributed by atoms with E-state index in [1.165, 1.54) is 19.3 Å². The lowest BCUT2D eigenvalue weighted by atomic mass is 10.2. The summed E-state index contributed by atoms with van der Waals surface area (Å²) in [5.74, 6) is 1.08. The first kappa shape index (κ1) is 19.9. The summed E-state index contributed by atoms with van der Waals surface area (Å²) in [5, 5.41) is 6.28. The van der Waals surface area contributed by atoms with E-state index in [1.54, 1.807) is 42.5 Å². The second kappa shape index (κ2) is 8.96. The van der Waals surface area contributed by atoms with Gasteiger partial charge in [0.1, 0.15) is 28.5 Å². The van der Waals surface area contributed by atoms with Gasteiger partial charge in [-0.1, -0.05) is 18.2 Å². The van der Waals surface area contributed by atoms with Gasteiger partial charge < -0.3 is 19.8 Å². The standard InChI is InChI=1S/C24H19N3O4/c1-25-24(29)21-15-20(12-13-26-21)30-18-8-6-17(7-9-18)27-23(28)11-10-19-14-16-4-2-3-5-22(16)31-19/h2-15H,1H3,(H,25,29)(H,27,28). The molecule has 2 N–H and O–H groups in total. The van der Waals surface area contributed by atoms with Gasteiger partial charge in [0.2, 0.25) is 5.91 Å². The quantitative estimate of drug-likeness (QED) is 0.450. The van der Waals surface area contributed by atoms with Gasteiger partial charge in [-0.15, -0.1) is 0 Å². The second-order valence-electron chi connectivity index (χ2n) is 6.59. The largest absolute Gasteiger partial charge is 0.457 e. The summed E-state index contributed by atoms with van der Waals surface area (Å²) >= 11 is 0. The zero-order valence-corrected chi connectivity index (χ0v) is 16.7. The van der Waals surface area contributed by atoms with Crippen molar-refractivity contribution in [1.29, 1.82) is 0 Å². The lowest BCUT2D eigenvalue weighted by molar-refractivity contribution is -0.111. The van der Waals surface area contributed by atoms with Crippen molar-refractivity contribution in [1.82, 2.24) is 10.3 Å². The van der Waals surface area contributed by atoms with Crippen molar-refractivity contribution in [2.75, 3.05) is 12.4 Å². The minimum atomic E-state index is -0.292. The molecule has 154 valence electrons. The maximum atomic E-state index is 12.2. The van der Waals surface area contributed by atoms with Crippen LogP contribution in [0.25, 0.3) is 17.0 Å². The topological polar surface area (TPSA) is 93.5 Å². The first-order valence-electron chi connectivity index (χ1n) is 9.54. The van der Waals surface area contributed by atoms with Gasteiger partial charge in [-0.3, -0.25) is 14.6 Å². The van der Waals surface area contributed by atoms with Crippen LogP contribution in [0.1, 0.15) is 16.2 Å². The Balaban J connectivity index is 1.37. The number of carbonyl (C=O) groups excluding carboxylic acids is 2. The normalized spacial score (nSPS) is 10.9. The van der Waals surface area contributed by atoms with E-state index in [9.17, 15) is 9.59 Å². The van der Waals surface area contributed by atoms with E-state index in [0.717, 1.165) is 11.0 Å². The molecule has 4 aromatic rings. The maximum absolute atomic E-state index is 12.2. The third kappa shape index (κ3) is 4.97. The van der Waals surface area contributed by atoms with Gasteiger partial charge in [0.05, 0.1) is 0 Å². The number of anilines is 1. The Morgan fingerprint density at radius 2 is 1.81 bits per heavy atom. The smallest absolute Gasteiger partial charge is 0.269 e. The van der Waals surface area contributed by atoms with E-state index in [0.29, 0.717) is 22.9 Å². The van der Waals surface area contributed by atoms with Crippen LogP contribution in [-0.4, -0.2) is 23.8 Å². The van der Waals surface area contributed by atoms with Crippen LogP contribution in [0.15, 0.2) is 83.4 Å². The molecule has 0 radical (unpaired) electrons. The molecule has 0 saturated heterocycles. The molecule has 2 heterocycles. The summed E-state index contributed by atoms with van der Waals surface area (Å²) < 4.78 is 11.4. The van der Waals surface area contributed by atoms with Crippen LogP contribution in [0, 0.1) is 0 Å². The predicted molar refractivity (Wildman–Crippen MR) is 118 cm³/mol. The van der Waals surface area contributed by atoms with Gasteiger partial charge in [0, 0.05) is 36.5 Å². The molecule has 0 atom stereocenters. The van der Waals surface area contributed by atoms with Crippen LogP contribution >= 0.6 is 0 Å². The Hall–Kier alpha value is -4.39. The molecule has 0 bridgehead atoms. The number of pyridine rings is 1. The minimum absolute atomic E-state index is 0.264. The van der Waals surface area contributed by atoms with Crippen LogP contribution in [0.3, 0.4) is 0 Å². The number of furan rings is 1. The average molecular weight is 413 g/mol. The molecule has 0 spiro atoms. The number of rotatable bonds is 6. The van der Waals surface area contributed by atoms with Gasteiger partial charge in [-0.25, -0.2) is 0 Å². The van der Waals surface area contributed by atoms with Crippen molar-refractivity contribution >= 4 is 34.5 Å². The molecule has 4 rings (SSSR count). The number of hydrogen-bond donors (Lipinski definition) is 2. The molecule has 0 aliphatic rings. The molecule has 0 saturated carbocycles. The fourth-order valence-corrected chi connectivity index (χ4v) is 2.90. The number of para-hydroxylation sites is 1. The fraction of sp³-hybridized carbons (Fsp3) is 0.0417. The van der Waals surface area contributed by atoms with Crippen molar-refractivity contribution in [3.05, 3.63) is 90.5 Å². The molecule has 2 aromatic carbocycles. The summed E-state index contributed by atoms with van der Waals surface area (Å²) in [7, 11) is 1.54. The Morgan fingerprint density at radius 3 is 2.58 bits per heavy atom. The summed E-state index contributed by atoms with van der Waals surface area (Å²) in [6.45, 7) is 0. The van der Waals surface area contributed by atoms with Gasteiger partial charge in [-0.2, -0.15) is 0 Å². The van der Waals surface area contributed by atoms with Crippen molar-refractivity contribution in [3.63, 3.8) is 0 Å². The van der Waals surface area contributed by atoms with E-state index in [-0.39, 0.29) is 17.5 Å². The van der Waals surface area contributed by atoms with Crippen LogP contribution in [0.5, 0.6) is 11.5 Å². The molecular weight excluding hydrogens is 394 g/mol. The highest BCUT2D eigenvalue weighted by Gasteiger charge is 2.07. The van der Waals surface area contributed by atoms with Crippen molar-refractivity contribution < 1.29 is 18.7 Å². The van der Waals surface area contributed by atoms with Crippen LogP contribution in [0.4, 0.5) is 5.69 Å². The maximum Gasteiger partial charge on any atom is 0.269 e. The summed E-state index contributed by atoms with van der Waals surface area (Å²) in [6, 6.07) is 19.6. The molecule has 2 amide bonds. The molecule has 0 unspecified atom stereocenters. The highest BCUT2D eigenvalue weighted by atomic mass is 16.5.